The van der Waals surface area contributed by atoms with E-state index in [2.05, 4.69) is 58.0 Å². The van der Waals surface area contributed by atoms with Crippen molar-refractivity contribution in [3.63, 3.8) is 0 Å². The maximum absolute atomic E-state index is 7.25. The van der Waals surface area contributed by atoms with Gasteiger partial charge in [0.2, 0.25) is 0 Å². The van der Waals surface area contributed by atoms with Crippen LogP contribution in [0.25, 0.3) is 0 Å². The molecule has 1 nitrogen and oxygen atoms in total. The highest BCUT2D eigenvalue weighted by Crippen LogP contribution is 2.47. The number of hydrogen-bond donors (Lipinski definition) is 1. The fourth-order valence-electron chi connectivity index (χ4n) is 4.08. The molecule has 158 valence electrons. The summed E-state index contributed by atoms with van der Waals surface area (Å²) in [5.74, 6) is 0. The number of halogens is 1. The van der Waals surface area contributed by atoms with Crippen molar-refractivity contribution in [1.82, 2.24) is 6.15 Å². The highest BCUT2D eigenvalue weighted by Gasteiger charge is 2.42. The summed E-state index contributed by atoms with van der Waals surface area (Å²) in [5.41, 5.74) is 1.58. The topological polar surface area (TPSA) is 35.0 Å². The molecule has 0 aromatic heterocycles. The predicted octanol–water partition coefficient (Wildman–Crippen LogP) is 9.12. The van der Waals surface area contributed by atoms with Crippen molar-refractivity contribution in [2.24, 2.45) is 5.41 Å². The molecule has 1 rings (SSSR count). The average molecular weight is 396 g/mol. The normalized spacial score (nSPS) is 15.6. The molecular formula is C25H46ClN. The summed E-state index contributed by atoms with van der Waals surface area (Å²) in [7, 11) is 0. The van der Waals surface area contributed by atoms with E-state index >= 15 is 0 Å². The van der Waals surface area contributed by atoms with Gasteiger partial charge in [-0.15, -0.1) is 11.6 Å². The van der Waals surface area contributed by atoms with Crippen molar-refractivity contribution in [3.05, 3.63) is 35.9 Å². The van der Waals surface area contributed by atoms with E-state index in [0.29, 0.717) is 0 Å². The monoisotopic (exact) mass is 395 g/mol. The van der Waals surface area contributed by atoms with Crippen molar-refractivity contribution in [1.29, 1.82) is 0 Å². The van der Waals surface area contributed by atoms with Crippen molar-refractivity contribution >= 4 is 11.6 Å². The second kappa shape index (κ2) is 14.5. The Hall–Kier alpha value is -0.530. The van der Waals surface area contributed by atoms with E-state index in [1.807, 2.05) is 0 Å². The number of unbranched alkanes of at least 4 members (excludes halogenated alkanes) is 8. The molecule has 0 radical (unpaired) electrons. The molecule has 0 aliphatic carbocycles. The zero-order valence-electron chi connectivity index (χ0n) is 18.7. The van der Waals surface area contributed by atoms with Crippen molar-refractivity contribution in [2.75, 3.05) is 0 Å². The lowest BCUT2D eigenvalue weighted by molar-refractivity contribution is 0.176. The molecule has 0 spiro atoms. The lowest BCUT2D eigenvalue weighted by Crippen LogP contribution is -2.41. The van der Waals surface area contributed by atoms with Crippen LogP contribution in [0.5, 0.6) is 0 Å². The maximum atomic E-state index is 7.25. The van der Waals surface area contributed by atoms with Gasteiger partial charge in [0, 0.05) is 0 Å². The zero-order chi connectivity index (χ0) is 19.3. The summed E-state index contributed by atoms with van der Waals surface area (Å²) >= 11 is 7.25. The fourth-order valence-corrected chi connectivity index (χ4v) is 4.42. The van der Waals surface area contributed by atoms with Gasteiger partial charge in [0.25, 0.3) is 0 Å². The standard InChI is InChI=1S/C25H43Cl.H3N/c1-5-7-9-11-12-17-21-24(3,20-16-10-8-6-2)25(4,26)22-23-18-14-13-15-19-23;/h13-15,18-19H,5-12,16-17,20-22H2,1-4H3;1H3. The Morgan fingerprint density at radius 3 is 1.67 bits per heavy atom. The Labute approximate surface area is 175 Å². The molecule has 0 amide bonds. The van der Waals surface area contributed by atoms with Crippen LogP contribution in [0.4, 0.5) is 0 Å². The molecule has 2 heteroatoms. The SMILES string of the molecule is CCCCCCCCC(C)(CCCCCC)C(C)(Cl)Cc1ccccc1.N. The van der Waals surface area contributed by atoms with Crippen molar-refractivity contribution in [3.8, 4) is 0 Å². The maximum Gasteiger partial charge on any atom is 0.0512 e. The van der Waals surface area contributed by atoms with Gasteiger partial charge in [0.1, 0.15) is 0 Å². The van der Waals surface area contributed by atoms with Crippen LogP contribution in [0.1, 0.15) is 110 Å². The van der Waals surface area contributed by atoms with Crippen molar-refractivity contribution in [2.45, 2.75) is 116 Å². The second-order valence-electron chi connectivity index (χ2n) is 8.75. The van der Waals surface area contributed by atoms with E-state index in [0.717, 1.165) is 6.42 Å². The first-order valence-electron chi connectivity index (χ1n) is 11.2. The minimum absolute atomic E-state index is 0. The summed E-state index contributed by atoms with van der Waals surface area (Å²) in [6.45, 7) is 9.33. The highest BCUT2D eigenvalue weighted by molar-refractivity contribution is 6.24. The van der Waals surface area contributed by atoms with Crippen LogP contribution in [0, 0.1) is 5.41 Å². The Morgan fingerprint density at radius 1 is 0.704 bits per heavy atom. The minimum Gasteiger partial charge on any atom is -0.344 e. The molecule has 0 saturated carbocycles. The first-order valence-corrected chi connectivity index (χ1v) is 11.6. The van der Waals surface area contributed by atoms with Gasteiger partial charge in [-0.1, -0.05) is 115 Å². The first kappa shape index (κ1) is 26.5. The lowest BCUT2D eigenvalue weighted by atomic mass is 9.68. The van der Waals surface area contributed by atoms with Crippen LogP contribution >= 0.6 is 11.6 Å². The van der Waals surface area contributed by atoms with Crippen LogP contribution in [0.3, 0.4) is 0 Å². The van der Waals surface area contributed by atoms with Crippen LogP contribution < -0.4 is 6.15 Å². The molecule has 1 aromatic carbocycles. The van der Waals surface area contributed by atoms with Gasteiger partial charge < -0.3 is 6.15 Å². The molecule has 0 heterocycles. The largest absolute Gasteiger partial charge is 0.344 e. The lowest BCUT2D eigenvalue weighted by Gasteiger charge is -2.43. The third kappa shape index (κ3) is 9.99. The minimum atomic E-state index is -0.177. The summed E-state index contributed by atoms with van der Waals surface area (Å²) in [4.78, 5) is -0.177. The number of alkyl halides is 1. The fraction of sp³-hybridized carbons (Fsp3) is 0.760. The molecule has 0 aliphatic heterocycles. The molecule has 0 bridgehead atoms. The smallest absolute Gasteiger partial charge is 0.0512 e. The van der Waals surface area contributed by atoms with E-state index in [1.165, 1.54) is 82.6 Å². The second-order valence-corrected chi connectivity index (χ2v) is 9.58. The van der Waals surface area contributed by atoms with E-state index in [1.54, 1.807) is 0 Å². The molecular weight excluding hydrogens is 350 g/mol. The molecule has 0 aliphatic rings. The molecule has 3 N–H and O–H groups in total. The summed E-state index contributed by atoms with van der Waals surface area (Å²) in [5, 5.41) is 0. The Bertz CT molecular complexity index is 457. The van der Waals surface area contributed by atoms with Gasteiger partial charge >= 0.3 is 0 Å². The Kier molecular flexibility index (Phi) is 14.2. The van der Waals surface area contributed by atoms with E-state index in [4.69, 9.17) is 11.6 Å². The Balaban J connectivity index is 0.00000676. The van der Waals surface area contributed by atoms with Crippen LogP contribution in [-0.4, -0.2) is 4.87 Å². The predicted molar refractivity (Wildman–Crippen MR) is 124 cm³/mol. The van der Waals surface area contributed by atoms with E-state index < -0.39 is 0 Å². The molecule has 27 heavy (non-hydrogen) atoms. The first-order chi connectivity index (χ1) is 12.4. The third-order valence-electron chi connectivity index (χ3n) is 6.30. The molecule has 0 fully saturated rings. The van der Waals surface area contributed by atoms with E-state index in [-0.39, 0.29) is 16.4 Å². The van der Waals surface area contributed by atoms with E-state index in [9.17, 15) is 0 Å². The molecule has 0 saturated heterocycles. The average Bonchev–Trinajstić information content (AvgIpc) is 2.62. The zero-order valence-corrected chi connectivity index (χ0v) is 19.4. The summed E-state index contributed by atoms with van der Waals surface area (Å²) in [6, 6.07) is 10.8. The van der Waals surface area contributed by atoms with Gasteiger partial charge in [-0.05, 0) is 37.2 Å². The highest BCUT2D eigenvalue weighted by atomic mass is 35.5. The van der Waals surface area contributed by atoms with Gasteiger partial charge in [0.15, 0.2) is 0 Å². The third-order valence-corrected chi connectivity index (χ3v) is 6.89. The van der Waals surface area contributed by atoms with Crippen molar-refractivity contribution < 1.29 is 0 Å². The van der Waals surface area contributed by atoms with Gasteiger partial charge in [-0.2, -0.15) is 0 Å². The van der Waals surface area contributed by atoms with Gasteiger partial charge in [0.05, 0.1) is 4.87 Å². The van der Waals surface area contributed by atoms with Crippen LogP contribution in [0.15, 0.2) is 30.3 Å². The van der Waals surface area contributed by atoms with Crippen LogP contribution in [-0.2, 0) is 6.42 Å². The number of hydrogen-bond acceptors (Lipinski definition) is 1. The Morgan fingerprint density at radius 2 is 1.15 bits per heavy atom. The van der Waals surface area contributed by atoms with Crippen LogP contribution in [0.2, 0.25) is 0 Å². The van der Waals surface area contributed by atoms with Gasteiger partial charge in [-0.25, -0.2) is 0 Å². The number of benzene rings is 1. The summed E-state index contributed by atoms with van der Waals surface area (Å²) < 4.78 is 0. The quantitative estimate of drug-likeness (QED) is 0.233. The molecule has 2 unspecified atom stereocenters. The number of rotatable bonds is 15. The molecule has 2 atom stereocenters. The van der Waals surface area contributed by atoms with Gasteiger partial charge in [-0.3, -0.25) is 0 Å². The molecule has 1 aromatic rings. The summed E-state index contributed by atoms with van der Waals surface area (Å²) in [6.07, 6.45) is 17.0.